The summed E-state index contributed by atoms with van der Waals surface area (Å²) in [6.45, 7) is 6.48. The second-order valence-electron chi connectivity index (χ2n) is 14.9. The minimum atomic E-state index is -0.681. The largest absolute Gasteiger partial charge is 0.233 e. The quantitative estimate of drug-likeness (QED) is 0.115. The Morgan fingerprint density at radius 1 is 0.386 bits per heavy atom. The second-order valence-corrected chi connectivity index (χ2v) is 14.9. The summed E-state index contributed by atoms with van der Waals surface area (Å²) in [6, 6.07) is 76.6. The molecule has 10 rings (SSSR count). The number of rotatable bonds is 7. The van der Waals surface area contributed by atoms with Crippen LogP contribution in [-0.4, -0.2) is 11.5 Å². The lowest BCUT2D eigenvalue weighted by Crippen LogP contribution is -2.44. The van der Waals surface area contributed by atoms with Crippen molar-refractivity contribution in [3.8, 4) is 11.1 Å². The van der Waals surface area contributed by atoms with Crippen molar-refractivity contribution in [1.82, 2.24) is 0 Å². The molecule has 0 fully saturated rings. The molecule has 0 bridgehead atoms. The van der Waals surface area contributed by atoms with E-state index in [4.69, 9.17) is 9.98 Å². The van der Waals surface area contributed by atoms with E-state index in [1.807, 2.05) is 48.5 Å². The zero-order valence-electron chi connectivity index (χ0n) is 31.8. The molecule has 2 aliphatic carbocycles. The molecular weight excluding hydrogens is 689 g/mol. The number of benzene rings is 8. The van der Waals surface area contributed by atoms with Gasteiger partial charge in [-0.3, -0.25) is 0 Å². The van der Waals surface area contributed by atoms with E-state index < -0.39 is 10.8 Å². The molecule has 0 aliphatic heterocycles. The van der Waals surface area contributed by atoms with E-state index in [2.05, 4.69) is 177 Å². The second kappa shape index (κ2) is 13.8. The lowest BCUT2D eigenvalue weighted by atomic mass is 9.51. The van der Waals surface area contributed by atoms with Crippen LogP contribution in [0.1, 0.15) is 68.1 Å². The maximum absolute atomic E-state index is 5.27. The number of hydrogen-bond acceptors (Lipinski definition) is 1. The fourth-order valence-electron chi connectivity index (χ4n) is 9.63. The van der Waals surface area contributed by atoms with Crippen LogP contribution in [0.2, 0.25) is 0 Å². The van der Waals surface area contributed by atoms with Crippen molar-refractivity contribution in [2.24, 2.45) is 9.98 Å². The molecule has 0 amide bonds. The van der Waals surface area contributed by atoms with Crippen molar-refractivity contribution in [2.45, 2.75) is 17.8 Å². The Morgan fingerprint density at radius 2 is 0.842 bits per heavy atom. The maximum atomic E-state index is 5.27. The smallest absolute Gasteiger partial charge is 0.160 e. The van der Waals surface area contributed by atoms with Gasteiger partial charge in [0.25, 0.3) is 0 Å². The van der Waals surface area contributed by atoms with Crippen molar-refractivity contribution in [3.63, 3.8) is 0 Å². The van der Waals surface area contributed by atoms with Crippen LogP contribution in [-0.2, 0) is 10.8 Å². The summed E-state index contributed by atoms with van der Waals surface area (Å²) >= 11 is 0. The van der Waals surface area contributed by atoms with Crippen molar-refractivity contribution in [2.75, 3.05) is 0 Å². The number of aliphatic imine (C=N–C) groups is 2. The van der Waals surface area contributed by atoms with Crippen molar-refractivity contribution in [1.29, 1.82) is 0 Å². The normalized spacial score (nSPS) is 18.0. The summed E-state index contributed by atoms with van der Waals surface area (Å²) in [5.74, 6) is 0.615. The predicted molar refractivity (Wildman–Crippen MR) is 236 cm³/mol. The lowest BCUT2D eigenvalue weighted by Gasteiger charge is -2.49. The Hall–Kier alpha value is -7.16. The van der Waals surface area contributed by atoms with Crippen LogP contribution in [0.15, 0.2) is 229 Å². The molecule has 57 heavy (non-hydrogen) atoms. The van der Waals surface area contributed by atoms with E-state index >= 15 is 0 Å². The molecule has 2 atom stereocenters. The molecule has 2 nitrogen and oxygen atoms in total. The zero-order valence-corrected chi connectivity index (χ0v) is 31.8. The monoisotopic (exact) mass is 728 g/mol. The zero-order chi connectivity index (χ0) is 38.4. The molecule has 0 spiro atoms. The first-order valence-corrected chi connectivity index (χ1v) is 19.6. The molecule has 0 saturated carbocycles. The third-order valence-electron chi connectivity index (χ3n) is 12.0. The van der Waals surface area contributed by atoms with Gasteiger partial charge in [-0.1, -0.05) is 213 Å². The minimum absolute atomic E-state index is 0.507. The van der Waals surface area contributed by atoms with Gasteiger partial charge in [-0.15, -0.1) is 0 Å². The third-order valence-corrected chi connectivity index (χ3v) is 12.0. The van der Waals surface area contributed by atoms with Gasteiger partial charge in [-0.2, -0.15) is 0 Å². The summed E-state index contributed by atoms with van der Waals surface area (Å²) in [6.07, 6.45) is 0. The van der Waals surface area contributed by atoms with Gasteiger partial charge in [0.05, 0.1) is 16.5 Å². The van der Waals surface area contributed by atoms with Gasteiger partial charge >= 0.3 is 0 Å². The van der Waals surface area contributed by atoms with Gasteiger partial charge in [0.1, 0.15) is 0 Å². The first kappa shape index (κ1) is 34.3. The SMILES string of the molecule is C=C(N=C(N=C(C)c1ccccc1)c1cccc(C2(c3ccccc3)c3ccccc3C3(c4ccccc4)c4ccccc4-c4cccc2c43)c1)c1ccccc1. The Labute approximate surface area is 334 Å². The fraction of sp³-hybridized carbons (Fsp3) is 0.0545. The summed E-state index contributed by atoms with van der Waals surface area (Å²) in [7, 11) is 0. The molecule has 8 aromatic carbocycles. The van der Waals surface area contributed by atoms with Crippen molar-refractivity contribution < 1.29 is 0 Å². The van der Waals surface area contributed by atoms with Crippen LogP contribution >= 0.6 is 0 Å². The highest BCUT2D eigenvalue weighted by molar-refractivity contribution is 6.12. The predicted octanol–water partition coefficient (Wildman–Crippen LogP) is 12.7. The van der Waals surface area contributed by atoms with E-state index in [0.29, 0.717) is 11.5 Å². The first-order valence-electron chi connectivity index (χ1n) is 19.6. The Morgan fingerprint density at radius 3 is 1.51 bits per heavy atom. The van der Waals surface area contributed by atoms with Crippen LogP contribution < -0.4 is 0 Å². The van der Waals surface area contributed by atoms with E-state index in [1.54, 1.807) is 0 Å². The van der Waals surface area contributed by atoms with E-state index in [1.165, 1.54) is 50.1 Å². The van der Waals surface area contributed by atoms with E-state index in [0.717, 1.165) is 28.0 Å². The van der Waals surface area contributed by atoms with Gasteiger partial charge in [0.15, 0.2) is 5.84 Å². The van der Waals surface area contributed by atoms with E-state index in [-0.39, 0.29) is 0 Å². The highest BCUT2D eigenvalue weighted by atomic mass is 14.9. The van der Waals surface area contributed by atoms with Gasteiger partial charge in [0, 0.05) is 11.3 Å². The van der Waals surface area contributed by atoms with Crippen LogP contribution in [0.4, 0.5) is 0 Å². The summed E-state index contributed by atoms with van der Waals surface area (Å²) in [5, 5.41) is 0. The standard InChI is InChI=1S/C55H40N2/c1-38(40-21-7-3-8-22-40)56-53(57-39(2)41-23-9-4-10-24-41)42-25-19-30-45(37-42)54(43-26-11-5-12-27-43)49-34-17-18-35-50(49)55(44-28-13-6-14-29-44)48-33-16-15-31-46(48)47-32-20-36-51(54)52(47)55/h3-37H,1H2,2H3. The number of nitrogens with zero attached hydrogens (tertiary/aromatic N) is 2. The molecule has 0 heterocycles. The van der Waals surface area contributed by atoms with Crippen LogP contribution in [0.3, 0.4) is 0 Å². The minimum Gasteiger partial charge on any atom is -0.233 e. The summed E-state index contributed by atoms with van der Waals surface area (Å²) in [5.41, 5.74) is 16.0. The molecule has 2 heteroatoms. The highest BCUT2D eigenvalue weighted by Gasteiger charge is 2.57. The van der Waals surface area contributed by atoms with E-state index in [9.17, 15) is 0 Å². The van der Waals surface area contributed by atoms with Crippen LogP contribution in [0, 0.1) is 0 Å². The molecule has 0 saturated heterocycles. The van der Waals surface area contributed by atoms with Gasteiger partial charge in [-0.05, 0) is 79.8 Å². The van der Waals surface area contributed by atoms with Crippen LogP contribution in [0.5, 0.6) is 0 Å². The Bertz CT molecular complexity index is 2860. The van der Waals surface area contributed by atoms with Crippen LogP contribution in [0.25, 0.3) is 16.8 Å². The Kier molecular flexibility index (Phi) is 8.34. The molecule has 0 radical (unpaired) electrons. The van der Waals surface area contributed by atoms with Crippen molar-refractivity contribution >= 4 is 17.2 Å². The summed E-state index contributed by atoms with van der Waals surface area (Å²) < 4.78 is 0. The Balaban J connectivity index is 1.29. The fourth-order valence-corrected chi connectivity index (χ4v) is 9.63. The maximum Gasteiger partial charge on any atom is 0.160 e. The van der Waals surface area contributed by atoms with Gasteiger partial charge < -0.3 is 0 Å². The first-order chi connectivity index (χ1) is 28.1. The highest BCUT2D eigenvalue weighted by Crippen LogP contribution is 2.65. The third kappa shape index (κ3) is 5.25. The molecule has 2 aliphatic rings. The molecule has 270 valence electrons. The average Bonchev–Trinajstić information content (AvgIpc) is 3.60. The van der Waals surface area contributed by atoms with Gasteiger partial charge in [-0.25, -0.2) is 9.98 Å². The molecule has 0 aromatic heterocycles. The topological polar surface area (TPSA) is 24.7 Å². The van der Waals surface area contributed by atoms with Gasteiger partial charge in [0.2, 0.25) is 0 Å². The number of fused-ring (bicyclic) bond motifs is 5. The molecule has 2 unspecified atom stereocenters. The lowest BCUT2D eigenvalue weighted by molar-refractivity contribution is 0.626. The molecule has 0 N–H and O–H groups in total. The average molecular weight is 729 g/mol. The molecule has 8 aromatic rings. The summed E-state index contributed by atoms with van der Waals surface area (Å²) in [4.78, 5) is 10.5. The number of hydrogen-bond donors (Lipinski definition) is 0. The molecular formula is C55H40N2. The van der Waals surface area contributed by atoms with Crippen molar-refractivity contribution in [3.05, 3.63) is 280 Å². The number of amidine groups is 1.